The van der Waals surface area contributed by atoms with Gasteiger partial charge in [-0.3, -0.25) is 0 Å². The second-order valence-electron chi connectivity index (χ2n) is 10.2. The molecule has 2 aromatic heterocycles. The maximum atomic E-state index is 14.5. The highest BCUT2D eigenvalue weighted by molar-refractivity contribution is 7.90. The smallest absolute Gasteiger partial charge is 0.399 e. The second-order valence-corrected chi connectivity index (χ2v) is 11.9. The van der Waals surface area contributed by atoms with Crippen LogP contribution in [0.5, 0.6) is 0 Å². The number of hydrogen-bond donors (Lipinski definition) is 0. The maximum Gasteiger partial charge on any atom is 0.497 e. The standard InChI is InChI=1S/C25H30BFN2O6S/c1-24(2)25(3,4)35-26(34-24)22-19-14-17(27)15-28-23(19)29(36(30,31)18-10-6-5-7-11-18)20(22)16-33-21-12-8-9-13-32-21/h5-7,10-11,14-15,21H,8-9,12-13,16H2,1-4H3. The first-order chi connectivity index (χ1) is 17.0. The predicted molar refractivity (Wildman–Crippen MR) is 133 cm³/mol. The summed E-state index contributed by atoms with van der Waals surface area (Å²) < 4.78 is 67.9. The number of pyridine rings is 1. The molecule has 0 radical (unpaired) electrons. The molecule has 0 spiro atoms. The van der Waals surface area contributed by atoms with Crippen LogP contribution in [0.25, 0.3) is 11.0 Å². The van der Waals surface area contributed by atoms with Crippen LogP contribution in [0.4, 0.5) is 4.39 Å². The highest BCUT2D eigenvalue weighted by Gasteiger charge is 2.53. The van der Waals surface area contributed by atoms with Gasteiger partial charge >= 0.3 is 7.12 Å². The van der Waals surface area contributed by atoms with Crippen LogP contribution in [0.2, 0.25) is 0 Å². The molecule has 1 aromatic carbocycles. The summed E-state index contributed by atoms with van der Waals surface area (Å²) in [5.74, 6) is -0.599. The fourth-order valence-electron chi connectivity index (χ4n) is 4.52. The Labute approximate surface area is 210 Å². The molecule has 3 aromatic rings. The molecule has 2 aliphatic rings. The van der Waals surface area contributed by atoms with E-state index in [1.165, 1.54) is 18.2 Å². The zero-order valence-electron chi connectivity index (χ0n) is 20.9. The van der Waals surface area contributed by atoms with Crippen molar-refractivity contribution in [2.24, 2.45) is 0 Å². The first-order valence-electron chi connectivity index (χ1n) is 12.1. The SMILES string of the molecule is CC1(C)OB(c2c(COC3CCCCO3)n(S(=O)(=O)c3ccccc3)c3ncc(F)cc23)OC1(C)C. The molecule has 2 aliphatic heterocycles. The van der Waals surface area contributed by atoms with Gasteiger partial charge < -0.3 is 18.8 Å². The van der Waals surface area contributed by atoms with E-state index in [0.29, 0.717) is 18.5 Å². The van der Waals surface area contributed by atoms with Gasteiger partial charge in [-0.25, -0.2) is 21.8 Å². The summed E-state index contributed by atoms with van der Waals surface area (Å²) in [6, 6.07) is 9.31. The molecule has 1 unspecified atom stereocenters. The van der Waals surface area contributed by atoms with E-state index in [9.17, 15) is 12.8 Å². The molecule has 0 aliphatic carbocycles. The van der Waals surface area contributed by atoms with Gasteiger partial charge in [0.2, 0.25) is 0 Å². The number of aromatic nitrogens is 2. The van der Waals surface area contributed by atoms with Crippen LogP contribution in [0.3, 0.4) is 0 Å². The largest absolute Gasteiger partial charge is 0.497 e. The summed E-state index contributed by atoms with van der Waals surface area (Å²) >= 11 is 0. The molecule has 0 amide bonds. The molecule has 1 atom stereocenters. The normalized spacial score (nSPS) is 21.8. The molecule has 2 fully saturated rings. The summed E-state index contributed by atoms with van der Waals surface area (Å²) in [5.41, 5.74) is -0.676. The minimum atomic E-state index is -4.13. The van der Waals surface area contributed by atoms with E-state index in [0.717, 1.165) is 23.0 Å². The van der Waals surface area contributed by atoms with Crippen molar-refractivity contribution in [1.82, 2.24) is 8.96 Å². The first-order valence-corrected chi connectivity index (χ1v) is 13.5. The maximum absolute atomic E-state index is 14.5. The molecular formula is C25H30BFN2O6S. The molecule has 0 N–H and O–H groups in total. The van der Waals surface area contributed by atoms with E-state index in [2.05, 4.69) is 4.98 Å². The van der Waals surface area contributed by atoms with Crippen molar-refractivity contribution in [1.29, 1.82) is 0 Å². The molecule has 0 saturated carbocycles. The van der Waals surface area contributed by atoms with Gasteiger partial charge in [0.05, 0.1) is 34.6 Å². The van der Waals surface area contributed by atoms with Gasteiger partial charge in [0.15, 0.2) is 11.9 Å². The number of rotatable bonds is 6. The van der Waals surface area contributed by atoms with Gasteiger partial charge in [-0.05, 0) is 65.2 Å². The Balaban J connectivity index is 1.72. The van der Waals surface area contributed by atoms with E-state index in [1.54, 1.807) is 18.2 Å². The Kier molecular flexibility index (Phi) is 6.49. The molecular weight excluding hydrogens is 486 g/mol. The molecule has 0 bridgehead atoms. The minimum Gasteiger partial charge on any atom is -0.399 e. The Morgan fingerprint density at radius 3 is 2.47 bits per heavy atom. The molecule has 5 rings (SSSR count). The number of ether oxygens (including phenoxy) is 2. The minimum absolute atomic E-state index is 0.0728. The van der Waals surface area contributed by atoms with Crippen molar-refractivity contribution >= 4 is 33.6 Å². The Morgan fingerprint density at radius 1 is 1.14 bits per heavy atom. The van der Waals surface area contributed by atoms with E-state index in [-0.39, 0.29) is 28.2 Å². The molecule has 2 saturated heterocycles. The second kappa shape index (κ2) is 9.22. The molecule has 4 heterocycles. The van der Waals surface area contributed by atoms with E-state index in [4.69, 9.17) is 18.8 Å². The van der Waals surface area contributed by atoms with E-state index in [1.807, 2.05) is 27.7 Å². The average Bonchev–Trinajstić information content (AvgIpc) is 3.27. The molecule has 11 heteroatoms. The Morgan fingerprint density at radius 2 is 1.83 bits per heavy atom. The van der Waals surface area contributed by atoms with E-state index < -0.39 is 40.5 Å². The van der Waals surface area contributed by atoms with Crippen LogP contribution < -0.4 is 5.46 Å². The van der Waals surface area contributed by atoms with Crippen molar-refractivity contribution in [2.75, 3.05) is 6.61 Å². The number of halogens is 1. The Hall–Kier alpha value is -2.31. The fourth-order valence-corrected chi connectivity index (χ4v) is 6.04. The van der Waals surface area contributed by atoms with Gasteiger partial charge in [-0.2, -0.15) is 0 Å². The third kappa shape index (κ3) is 4.37. The summed E-state index contributed by atoms with van der Waals surface area (Å²) in [6.45, 7) is 8.06. The number of benzene rings is 1. The fraction of sp³-hybridized carbons (Fsp3) is 0.480. The van der Waals surface area contributed by atoms with Crippen molar-refractivity contribution in [3.63, 3.8) is 0 Å². The topological polar surface area (TPSA) is 88.9 Å². The lowest BCUT2D eigenvalue weighted by atomic mass is 9.77. The van der Waals surface area contributed by atoms with Gasteiger partial charge in [-0.15, -0.1) is 0 Å². The highest BCUT2D eigenvalue weighted by atomic mass is 32.2. The molecule has 36 heavy (non-hydrogen) atoms. The third-order valence-electron chi connectivity index (χ3n) is 7.19. The molecule has 8 nitrogen and oxygen atoms in total. The summed E-state index contributed by atoms with van der Waals surface area (Å²) in [6.07, 6.45) is 3.13. The van der Waals surface area contributed by atoms with Crippen LogP contribution in [-0.4, -0.2) is 48.6 Å². The van der Waals surface area contributed by atoms with Crippen LogP contribution >= 0.6 is 0 Å². The monoisotopic (exact) mass is 516 g/mol. The quantitative estimate of drug-likeness (QED) is 0.461. The predicted octanol–water partition coefficient (Wildman–Crippen LogP) is 3.75. The summed E-state index contributed by atoms with van der Waals surface area (Å²) in [7, 11) is -5.09. The van der Waals surface area contributed by atoms with Gasteiger partial charge in [0.1, 0.15) is 5.82 Å². The van der Waals surface area contributed by atoms with Crippen LogP contribution in [-0.2, 0) is 35.4 Å². The zero-order valence-corrected chi connectivity index (χ0v) is 21.7. The number of nitrogens with zero attached hydrogens (tertiary/aromatic N) is 2. The van der Waals surface area contributed by atoms with Gasteiger partial charge in [-0.1, -0.05) is 18.2 Å². The van der Waals surface area contributed by atoms with E-state index >= 15 is 0 Å². The van der Waals surface area contributed by atoms with Crippen molar-refractivity contribution in [3.05, 3.63) is 54.1 Å². The summed E-state index contributed by atoms with van der Waals surface area (Å²) in [5, 5.41) is 0.288. The zero-order chi connectivity index (χ0) is 25.7. The number of fused-ring (bicyclic) bond motifs is 1. The lowest BCUT2D eigenvalue weighted by Crippen LogP contribution is -2.41. The average molecular weight is 516 g/mol. The van der Waals surface area contributed by atoms with Crippen LogP contribution in [0, 0.1) is 5.82 Å². The summed E-state index contributed by atoms with van der Waals surface area (Å²) in [4.78, 5) is 4.28. The van der Waals surface area contributed by atoms with Crippen LogP contribution in [0.1, 0.15) is 52.7 Å². The van der Waals surface area contributed by atoms with Gasteiger partial charge in [0.25, 0.3) is 10.0 Å². The lowest BCUT2D eigenvalue weighted by Gasteiger charge is -2.32. The highest BCUT2D eigenvalue weighted by Crippen LogP contribution is 2.38. The van der Waals surface area contributed by atoms with Crippen LogP contribution in [0.15, 0.2) is 47.5 Å². The lowest BCUT2D eigenvalue weighted by molar-refractivity contribution is -0.169. The van der Waals surface area contributed by atoms with Crippen molar-refractivity contribution in [2.45, 2.75) is 76.0 Å². The van der Waals surface area contributed by atoms with Gasteiger partial charge in [0, 0.05) is 17.5 Å². The third-order valence-corrected chi connectivity index (χ3v) is 8.93. The van der Waals surface area contributed by atoms with Crippen molar-refractivity contribution < 1.29 is 31.6 Å². The Bertz CT molecular complexity index is 1350. The molecule has 192 valence electrons. The number of hydrogen-bond acceptors (Lipinski definition) is 7. The first kappa shape index (κ1) is 25.3. The van der Waals surface area contributed by atoms with Crippen molar-refractivity contribution in [3.8, 4) is 0 Å².